The Morgan fingerprint density at radius 2 is 2.09 bits per heavy atom. The van der Waals surface area contributed by atoms with E-state index in [1.165, 1.54) is 0 Å². The van der Waals surface area contributed by atoms with Gasteiger partial charge in [0, 0.05) is 16.5 Å². The van der Waals surface area contributed by atoms with Gasteiger partial charge in [0.15, 0.2) is 9.84 Å². The molecule has 7 heteroatoms. The fourth-order valence-corrected chi connectivity index (χ4v) is 5.22. The maximum absolute atomic E-state index is 12.4. The van der Waals surface area contributed by atoms with Crippen molar-refractivity contribution in [2.45, 2.75) is 37.0 Å². The Bertz CT molecular complexity index is 689. The van der Waals surface area contributed by atoms with Crippen LogP contribution in [0.4, 0.5) is 0 Å². The van der Waals surface area contributed by atoms with E-state index in [4.69, 9.17) is 4.74 Å². The van der Waals surface area contributed by atoms with Crippen LogP contribution in [-0.4, -0.2) is 31.9 Å². The van der Waals surface area contributed by atoms with Crippen LogP contribution in [0.5, 0.6) is 5.75 Å². The van der Waals surface area contributed by atoms with Crippen LogP contribution in [0.3, 0.4) is 0 Å². The van der Waals surface area contributed by atoms with Crippen LogP contribution in [0, 0.1) is 0 Å². The van der Waals surface area contributed by atoms with Crippen molar-refractivity contribution in [3.8, 4) is 5.75 Å². The van der Waals surface area contributed by atoms with Gasteiger partial charge in [-0.2, -0.15) is 0 Å². The molecule has 2 aliphatic heterocycles. The Balaban J connectivity index is 1.79. The molecule has 1 amide bonds. The number of benzene rings is 1. The van der Waals surface area contributed by atoms with E-state index in [-0.39, 0.29) is 17.7 Å². The van der Waals surface area contributed by atoms with Crippen molar-refractivity contribution in [2.24, 2.45) is 0 Å². The van der Waals surface area contributed by atoms with E-state index in [1.54, 1.807) is 0 Å². The van der Waals surface area contributed by atoms with E-state index >= 15 is 0 Å². The largest absolute Gasteiger partial charge is 0.493 e. The molecule has 1 aromatic rings. The summed E-state index contributed by atoms with van der Waals surface area (Å²) in [6, 6.07) is 5.45. The van der Waals surface area contributed by atoms with E-state index in [2.05, 4.69) is 21.2 Å². The third-order valence-electron chi connectivity index (χ3n) is 4.20. The number of carbonyl (C=O) groups is 1. The van der Waals surface area contributed by atoms with Crippen LogP contribution in [0.15, 0.2) is 22.7 Å². The Labute approximate surface area is 138 Å². The van der Waals surface area contributed by atoms with Crippen LogP contribution >= 0.6 is 15.9 Å². The monoisotopic (exact) mass is 387 g/mol. The minimum absolute atomic E-state index is 0.112. The lowest BCUT2D eigenvalue weighted by atomic mass is 10.00. The summed E-state index contributed by atoms with van der Waals surface area (Å²) in [6.07, 6.45) is 2.50. The maximum atomic E-state index is 12.4. The van der Waals surface area contributed by atoms with Crippen molar-refractivity contribution in [3.63, 3.8) is 0 Å². The van der Waals surface area contributed by atoms with Gasteiger partial charge in [-0.25, -0.2) is 8.42 Å². The highest BCUT2D eigenvalue weighted by molar-refractivity contribution is 9.10. The second-order valence-electron chi connectivity index (χ2n) is 5.73. The Morgan fingerprint density at radius 1 is 1.27 bits per heavy atom. The molecule has 2 aliphatic rings. The number of sulfone groups is 1. The maximum Gasteiger partial charge on any atom is 0.238 e. The molecular weight excluding hydrogens is 370 g/mol. The zero-order chi connectivity index (χ0) is 15.7. The molecule has 2 atom stereocenters. The van der Waals surface area contributed by atoms with Gasteiger partial charge in [0.25, 0.3) is 0 Å². The van der Waals surface area contributed by atoms with Gasteiger partial charge < -0.3 is 10.1 Å². The van der Waals surface area contributed by atoms with Gasteiger partial charge in [-0.15, -0.1) is 0 Å². The molecule has 0 saturated carbocycles. The highest BCUT2D eigenvalue weighted by Gasteiger charge is 2.36. The first kappa shape index (κ1) is 15.8. The van der Waals surface area contributed by atoms with Gasteiger partial charge >= 0.3 is 0 Å². The third-order valence-corrected chi connectivity index (χ3v) is 6.87. The SMILES string of the molecule is O=C(NC1CCOc2ccc(Br)cc21)C1CCCCS1(=O)=O. The van der Waals surface area contributed by atoms with E-state index in [9.17, 15) is 13.2 Å². The average Bonchev–Trinajstić information content (AvgIpc) is 2.47. The number of hydrogen-bond donors (Lipinski definition) is 1. The molecule has 2 unspecified atom stereocenters. The molecule has 0 radical (unpaired) electrons. The van der Waals surface area contributed by atoms with Gasteiger partial charge in [-0.3, -0.25) is 4.79 Å². The molecule has 0 bridgehead atoms. The summed E-state index contributed by atoms with van der Waals surface area (Å²) in [5, 5.41) is 2.01. The van der Waals surface area contributed by atoms with Crippen molar-refractivity contribution in [1.29, 1.82) is 0 Å². The molecule has 1 saturated heterocycles. The summed E-state index contributed by atoms with van der Waals surface area (Å²) >= 11 is 3.41. The molecule has 0 aromatic heterocycles. The minimum atomic E-state index is -3.31. The number of rotatable bonds is 2. The minimum Gasteiger partial charge on any atom is -0.493 e. The summed E-state index contributed by atoms with van der Waals surface area (Å²) < 4.78 is 30.6. The van der Waals surface area contributed by atoms with E-state index in [1.807, 2.05) is 18.2 Å². The number of amides is 1. The molecule has 0 spiro atoms. The molecule has 1 N–H and O–H groups in total. The Kier molecular flexibility index (Phi) is 4.45. The van der Waals surface area contributed by atoms with E-state index < -0.39 is 15.1 Å². The molecular formula is C15H18BrNO4S. The summed E-state index contributed by atoms with van der Waals surface area (Å²) in [5.74, 6) is 0.477. The first-order valence-electron chi connectivity index (χ1n) is 7.41. The predicted octanol–water partition coefficient (Wildman–Crippen LogP) is 2.36. The zero-order valence-electron chi connectivity index (χ0n) is 12.0. The smallest absolute Gasteiger partial charge is 0.238 e. The lowest BCUT2D eigenvalue weighted by molar-refractivity contribution is -0.121. The Morgan fingerprint density at radius 3 is 2.86 bits per heavy atom. The van der Waals surface area contributed by atoms with E-state index in [0.717, 1.165) is 22.2 Å². The van der Waals surface area contributed by atoms with Crippen LogP contribution in [0.25, 0.3) is 0 Å². The van der Waals surface area contributed by atoms with Crippen LogP contribution in [0.2, 0.25) is 0 Å². The number of halogens is 1. The summed E-state index contributed by atoms with van der Waals surface area (Å²) in [4.78, 5) is 12.4. The summed E-state index contributed by atoms with van der Waals surface area (Å²) in [6.45, 7) is 0.511. The van der Waals surface area contributed by atoms with Crippen molar-refractivity contribution >= 4 is 31.7 Å². The number of nitrogens with one attached hydrogen (secondary N) is 1. The molecule has 1 aromatic carbocycles. The Hall–Kier alpha value is -1.08. The number of carbonyl (C=O) groups excluding carboxylic acids is 1. The first-order valence-corrected chi connectivity index (χ1v) is 9.92. The average molecular weight is 388 g/mol. The van der Waals surface area contributed by atoms with Gasteiger partial charge in [-0.05, 0) is 31.0 Å². The summed E-state index contributed by atoms with van der Waals surface area (Å²) in [7, 11) is -3.31. The van der Waals surface area contributed by atoms with Gasteiger partial charge in [-0.1, -0.05) is 22.4 Å². The topological polar surface area (TPSA) is 72.5 Å². The lowest BCUT2D eigenvalue weighted by Crippen LogP contribution is -2.44. The molecule has 120 valence electrons. The van der Waals surface area contributed by atoms with Crippen molar-refractivity contribution in [1.82, 2.24) is 5.32 Å². The fraction of sp³-hybridized carbons (Fsp3) is 0.533. The fourth-order valence-electron chi connectivity index (χ4n) is 3.03. The molecule has 2 heterocycles. The molecule has 1 fully saturated rings. The standard InChI is InChI=1S/C15H18BrNO4S/c16-10-4-5-13-11(9-10)12(6-7-21-13)17-15(18)14-3-1-2-8-22(14,19)20/h4-5,9,12,14H,1-3,6-8H2,(H,17,18). The lowest BCUT2D eigenvalue weighted by Gasteiger charge is -2.29. The molecule has 22 heavy (non-hydrogen) atoms. The van der Waals surface area contributed by atoms with E-state index in [0.29, 0.717) is 25.9 Å². The highest BCUT2D eigenvalue weighted by atomic mass is 79.9. The van der Waals surface area contributed by atoms with Gasteiger partial charge in [0.2, 0.25) is 5.91 Å². The van der Waals surface area contributed by atoms with Crippen molar-refractivity contribution in [2.75, 3.05) is 12.4 Å². The third kappa shape index (κ3) is 3.15. The molecule has 3 rings (SSSR count). The number of hydrogen-bond acceptors (Lipinski definition) is 4. The predicted molar refractivity (Wildman–Crippen MR) is 86.6 cm³/mol. The van der Waals surface area contributed by atoms with Crippen molar-refractivity contribution < 1.29 is 17.9 Å². The number of fused-ring (bicyclic) bond motifs is 1. The highest BCUT2D eigenvalue weighted by Crippen LogP contribution is 2.34. The molecule has 0 aliphatic carbocycles. The van der Waals surface area contributed by atoms with Gasteiger partial charge in [0.1, 0.15) is 11.0 Å². The summed E-state index contributed by atoms with van der Waals surface area (Å²) in [5.41, 5.74) is 0.891. The second kappa shape index (κ2) is 6.20. The van der Waals surface area contributed by atoms with Crippen LogP contribution in [-0.2, 0) is 14.6 Å². The normalized spacial score (nSPS) is 26.6. The number of ether oxygens (including phenoxy) is 1. The zero-order valence-corrected chi connectivity index (χ0v) is 14.5. The van der Waals surface area contributed by atoms with Gasteiger partial charge in [0.05, 0.1) is 18.4 Å². The van der Waals surface area contributed by atoms with Crippen LogP contribution < -0.4 is 10.1 Å². The quantitative estimate of drug-likeness (QED) is 0.844. The second-order valence-corrected chi connectivity index (χ2v) is 8.95. The first-order chi connectivity index (χ1) is 10.5. The van der Waals surface area contributed by atoms with Crippen molar-refractivity contribution in [3.05, 3.63) is 28.2 Å². The van der Waals surface area contributed by atoms with Crippen LogP contribution in [0.1, 0.15) is 37.3 Å². The molecule has 5 nitrogen and oxygen atoms in total.